The Morgan fingerprint density at radius 2 is 0.969 bits per heavy atom. The van der Waals surface area contributed by atoms with Crippen LogP contribution in [0.15, 0.2) is 60.7 Å². The van der Waals surface area contributed by atoms with Crippen molar-refractivity contribution in [2.45, 2.75) is 65.0 Å². The second kappa shape index (κ2) is 12.4. The van der Waals surface area contributed by atoms with E-state index in [1.807, 2.05) is 60.7 Å². The number of hydrogen-bond donors (Lipinski definition) is 0. The van der Waals surface area contributed by atoms with E-state index in [1.54, 1.807) is 27.7 Å². The van der Waals surface area contributed by atoms with Crippen LogP contribution < -0.4 is 0 Å². The first-order chi connectivity index (χ1) is 15.2. The average molecular weight is 443 g/mol. The zero-order valence-electron chi connectivity index (χ0n) is 19.5. The number of carbonyl (C=O) groups excluding carboxylic acids is 2. The summed E-state index contributed by atoms with van der Waals surface area (Å²) in [5, 5.41) is 0. The van der Waals surface area contributed by atoms with Crippen LogP contribution >= 0.6 is 0 Å². The van der Waals surface area contributed by atoms with E-state index in [-0.39, 0.29) is 26.1 Å². The summed E-state index contributed by atoms with van der Waals surface area (Å²) in [7, 11) is 0. The molecule has 0 spiro atoms. The lowest BCUT2D eigenvalue weighted by Crippen LogP contribution is -2.35. The number of ether oxygens (including phenoxy) is 4. The van der Waals surface area contributed by atoms with Gasteiger partial charge < -0.3 is 18.9 Å². The van der Waals surface area contributed by atoms with Gasteiger partial charge >= 0.3 is 11.9 Å². The highest BCUT2D eigenvalue weighted by Crippen LogP contribution is 2.16. The fourth-order valence-electron chi connectivity index (χ4n) is 2.96. The highest BCUT2D eigenvalue weighted by Gasteiger charge is 2.26. The van der Waals surface area contributed by atoms with Gasteiger partial charge in [0.25, 0.3) is 0 Å². The van der Waals surface area contributed by atoms with Crippen LogP contribution in [0, 0.1) is 0 Å². The van der Waals surface area contributed by atoms with Crippen LogP contribution in [0.3, 0.4) is 0 Å². The molecule has 0 amide bonds. The van der Waals surface area contributed by atoms with Crippen molar-refractivity contribution < 1.29 is 28.5 Å². The van der Waals surface area contributed by atoms with Crippen molar-refractivity contribution >= 4 is 11.9 Å². The third-order valence-corrected chi connectivity index (χ3v) is 4.44. The molecular formula is C26H34O6. The summed E-state index contributed by atoms with van der Waals surface area (Å²) in [4.78, 5) is 24.4. The second-order valence-corrected chi connectivity index (χ2v) is 8.92. The highest BCUT2D eigenvalue weighted by molar-refractivity contribution is 5.78. The zero-order valence-corrected chi connectivity index (χ0v) is 19.5. The largest absolute Gasteiger partial charge is 0.457 e. The Morgan fingerprint density at radius 1 is 0.625 bits per heavy atom. The molecule has 0 aliphatic heterocycles. The summed E-state index contributed by atoms with van der Waals surface area (Å²) in [6, 6.07) is 19.5. The first-order valence-corrected chi connectivity index (χ1v) is 10.8. The van der Waals surface area contributed by atoms with Gasteiger partial charge in [0.1, 0.15) is 11.2 Å². The SMILES string of the molecule is CC(C)(COCc1ccccc1)OC(=O)CCC(=O)OC(C)(C)COCc1ccccc1. The van der Waals surface area contributed by atoms with E-state index >= 15 is 0 Å². The molecule has 0 atom stereocenters. The second-order valence-electron chi connectivity index (χ2n) is 8.92. The van der Waals surface area contributed by atoms with Gasteiger partial charge in [0.05, 0.1) is 39.3 Å². The Balaban J connectivity index is 1.64. The van der Waals surface area contributed by atoms with Gasteiger partial charge in [-0.2, -0.15) is 0 Å². The molecule has 0 bridgehead atoms. The van der Waals surface area contributed by atoms with E-state index in [0.717, 1.165) is 11.1 Å². The maximum atomic E-state index is 12.2. The van der Waals surface area contributed by atoms with Crippen molar-refractivity contribution in [3.05, 3.63) is 71.8 Å². The van der Waals surface area contributed by atoms with Crippen molar-refractivity contribution in [3.8, 4) is 0 Å². The smallest absolute Gasteiger partial charge is 0.306 e. The summed E-state index contributed by atoms with van der Waals surface area (Å²) in [6.07, 6.45) is -0.107. The van der Waals surface area contributed by atoms with Crippen LogP contribution in [0.1, 0.15) is 51.7 Å². The maximum Gasteiger partial charge on any atom is 0.306 e. The Labute approximate surface area is 190 Å². The average Bonchev–Trinajstić information content (AvgIpc) is 2.73. The molecule has 2 rings (SSSR count). The third-order valence-electron chi connectivity index (χ3n) is 4.44. The minimum atomic E-state index is -0.791. The fraction of sp³-hybridized carbons (Fsp3) is 0.462. The molecule has 0 aliphatic rings. The molecule has 174 valence electrons. The van der Waals surface area contributed by atoms with Crippen molar-refractivity contribution in [3.63, 3.8) is 0 Å². The van der Waals surface area contributed by atoms with Crippen LogP contribution in [0.2, 0.25) is 0 Å². The minimum Gasteiger partial charge on any atom is -0.457 e. The lowest BCUT2D eigenvalue weighted by atomic mass is 10.1. The standard InChI is InChI=1S/C26H34O6/c1-25(2,19-29-17-21-11-7-5-8-12-21)31-23(27)15-16-24(28)32-26(3,4)20-30-18-22-13-9-6-10-14-22/h5-14H,15-20H2,1-4H3. The van der Waals surface area contributed by atoms with Crippen molar-refractivity contribution in [2.75, 3.05) is 13.2 Å². The van der Waals surface area contributed by atoms with Crippen LogP contribution in [-0.4, -0.2) is 36.4 Å². The summed E-state index contributed by atoms with van der Waals surface area (Å²) >= 11 is 0. The molecule has 0 saturated heterocycles. The van der Waals surface area contributed by atoms with Crippen LogP contribution in [0.5, 0.6) is 0 Å². The van der Waals surface area contributed by atoms with Gasteiger partial charge in [0.2, 0.25) is 0 Å². The molecule has 2 aromatic carbocycles. The lowest BCUT2D eigenvalue weighted by Gasteiger charge is -2.26. The predicted molar refractivity (Wildman–Crippen MR) is 122 cm³/mol. The van der Waals surface area contributed by atoms with E-state index in [0.29, 0.717) is 13.2 Å². The van der Waals surface area contributed by atoms with E-state index < -0.39 is 23.1 Å². The molecule has 6 heteroatoms. The minimum absolute atomic E-state index is 0.0537. The summed E-state index contributed by atoms with van der Waals surface area (Å²) in [5.74, 6) is -0.929. The molecule has 0 saturated carbocycles. The summed E-state index contributed by atoms with van der Waals surface area (Å²) in [6.45, 7) is 8.50. The van der Waals surface area contributed by atoms with Crippen molar-refractivity contribution in [1.82, 2.24) is 0 Å². The van der Waals surface area contributed by atoms with Gasteiger partial charge in [-0.15, -0.1) is 0 Å². The van der Waals surface area contributed by atoms with Crippen LogP contribution in [-0.2, 0) is 41.8 Å². The van der Waals surface area contributed by atoms with Gasteiger partial charge in [0.15, 0.2) is 0 Å². The molecular weight excluding hydrogens is 408 g/mol. The Hall–Kier alpha value is -2.70. The van der Waals surface area contributed by atoms with E-state index in [2.05, 4.69) is 0 Å². The van der Waals surface area contributed by atoms with Gasteiger partial charge in [-0.3, -0.25) is 9.59 Å². The van der Waals surface area contributed by atoms with Gasteiger partial charge in [-0.25, -0.2) is 0 Å². The molecule has 32 heavy (non-hydrogen) atoms. The number of carbonyl (C=O) groups is 2. The molecule has 2 aromatic rings. The molecule has 0 heterocycles. The maximum absolute atomic E-state index is 12.2. The molecule has 0 unspecified atom stereocenters. The number of benzene rings is 2. The van der Waals surface area contributed by atoms with Crippen molar-refractivity contribution in [2.24, 2.45) is 0 Å². The van der Waals surface area contributed by atoms with Crippen molar-refractivity contribution in [1.29, 1.82) is 0 Å². The van der Waals surface area contributed by atoms with Crippen LogP contribution in [0.4, 0.5) is 0 Å². The lowest BCUT2D eigenvalue weighted by molar-refractivity contribution is -0.169. The zero-order chi connectivity index (χ0) is 23.5. The van der Waals surface area contributed by atoms with E-state index in [4.69, 9.17) is 18.9 Å². The topological polar surface area (TPSA) is 71.1 Å². The first kappa shape index (κ1) is 25.6. The third kappa shape index (κ3) is 10.6. The number of rotatable bonds is 13. The molecule has 0 fully saturated rings. The Morgan fingerprint density at radius 3 is 1.31 bits per heavy atom. The van der Waals surface area contributed by atoms with Gasteiger partial charge in [0, 0.05) is 0 Å². The molecule has 0 aromatic heterocycles. The summed E-state index contributed by atoms with van der Waals surface area (Å²) < 4.78 is 22.3. The highest BCUT2D eigenvalue weighted by atomic mass is 16.6. The molecule has 0 radical (unpaired) electrons. The van der Waals surface area contributed by atoms with E-state index in [1.165, 1.54) is 0 Å². The monoisotopic (exact) mass is 442 g/mol. The quantitative estimate of drug-likeness (QED) is 0.413. The molecule has 0 N–H and O–H groups in total. The first-order valence-electron chi connectivity index (χ1n) is 10.8. The summed E-state index contributed by atoms with van der Waals surface area (Å²) in [5.41, 5.74) is 0.515. The molecule has 0 aliphatic carbocycles. The predicted octanol–water partition coefficient (Wildman–Crippen LogP) is 4.84. The Bertz CT molecular complexity index is 758. The van der Waals surface area contributed by atoms with Crippen LogP contribution in [0.25, 0.3) is 0 Å². The van der Waals surface area contributed by atoms with E-state index in [9.17, 15) is 9.59 Å². The Kier molecular flexibility index (Phi) is 9.88. The number of hydrogen-bond acceptors (Lipinski definition) is 6. The normalized spacial score (nSPS) is 11.8. The fourth-order valence-corrected chi connectivity index (χ4v) is 2.96. The van der Waals surface area contributed by atoms with Gasteiger partial charge in [-0.05, 0) is 38.8 Å². The van der Waals surface area contributed by atoms with Gasteiger partial charge in [-0.1, -0.05) is 60.7 Å². The molecule has 6 nitrogen and oxygen atoms in total. The number of esters is 2.